The summed E-state index contributed by atoms with van der Waals surface area (Å²) in [5.74, 6) is -0.982. The Morgan fingerprint density at radius 1 is 0.964 bits per heavy atom. The highest BCUT2D eigenvalue weighted by molar-refractivity contribution is 7.92. The van der Waals surface area contributed by atoms with Crippen molar-refractivity contribution in [1.82, 2.24) is 4.31 Å². The number of benzene rings is 2. The number of morpholine rings is 1. The first-order chi connectivity index (χ1) is 13.1. The smallest absolute Gasteiger partial charge is 0.261 e. The summed E-state index contributed by atoms with van der Waals surface area (Å²) in [7, 11) is -8.24. The number of sulfonamides is 2. The predicted octanol–water partition coefficient (Wildman–Crippen LogP) is 2.95. The Kier molecular flexibility index (Phi) is 6.18. The van der Waals surface area contributed by atoms with Crippen molar-refractivity contribution >= 4 is 48.9 Å². The topological polar surface area (TPSA) is 92.8 Å². The van der Waals surface area contributed by atoms with E-state index in [0.717, 1.165) is 28.6 Å². The lowest BCUT2D eigenvalue weighted by atomic mass is 10.3. The van der Waals surface area contributed by atoms with E-state index < -0.39 is 30.8 Å². The van der Waals surface area contributed by atoms with Gasteiger partial charge in [-0.2, -0.15) is 4.31 Å². The molecule has 3 rings (SSSR count). The van der Waals surface area contributed by atoms with Crippen LogP contribution in [0.5, 0.6) is 0 Å². The molecule has 1 aliphatic rings. The SMILES string of the molecule is O=S(=O)(Nc1ccc(F)c(S(=O)(=O)N2CCOCC2)c1)c1ccc(Cl)c(Cl)c1. The van der Waals surface area contributed by atoms with Crippen LogP contribution >= 0.6 is 23.2 Å². The maximum atomic E-state index is 14.2. The first-order valence-electron chi connectivity index (χ1n) is 7.96. The summed E-state index contributed by atoms with van der Waals surface area (Å²) < 4.78 is 73.1. The molecular formula is C16H15Cl2FN2O5S2. The van der Waals surface area contributed by atoms with E-state index in [1.165, 1.54) is 12.1 Å². The maximum Gasteiger partial charge on any atom is 0.261 e. The molecule has 7 nitrogen and oxygen atoms in total. The number of halogens is 3. The molecule has 1 fully saturated rings. The lowest BCUT2D eigenvalue weighted by Crippen LogP contribution is -2.40. The van der Waals surface area contributed by atoms with Crippen LogP contribution in [-0.4, -0.2) is 47.4 Å². The van der Waals surface area contributed by atoms with Crippen LogP contribution in [0.3, 0.4) is 0 Å². The van der Waals surface area contributed by atoms with Crippen molar-refractivity contribution in [3.05, 3.63) is 52.3 Å². The molecule has 1 N–H and O–H groups in total. The van der Waals surface area contributed by atoms with Crippen LogP contribution in [0.1, 0.15) is 0 Å². The largest absolute Gasteiger partial charge is 0.379 e. The minimum absolute atomic E-state index is 0.0410. The molecule has 1 heterocycles. The van der Waals surface area contributed by atoms with Gasteiger partial charge in [-0.15, -0.1) is 0 Å². The van der Waals surface area contributed by atoms with Crippen LogP contribution in [0.2, 0.25) is 10.0 Å². The monoisotopic (exact) mass is 468 g/mol. The summed E-state index contributed by atoms with van der Waals surface area (Å²) in [5, 5.41) is 0.223. The third-order valence-electron chi connectivity index (χ3n) is 3.97. The van der Waals surface area contributed by atoms with Crippen LogP contribution in [-0.2, 0) is 24.8 Å². The van der Waals surface area contributed by atoms with Crippen LogP contribution < -0.4 is 4.72 Å². The minimum Gasteiger partial charge on any atom is -0.379 e. The standard InChI is InChI=1S/C16H15Cl2FN2O5S2/c17-13-3-2-12(10-14(13)18)27(22,23)20-11-1-4-15(19)16(9-11)28(24,25)21-5-7-26-8-6-21/h1-4,9-10,20H,5-8H2. The van der Waals surface area contributed by atoms with E-state index in [2.05, 4.69) is 4.72 Å². The summed E-state index contributed by atoms with van der Waals surface area (Å²) in [4.78, 5) is -0.799. The Morgan fingerprint density at radius 3 is 2.29 bits per heavy atom. The fourth-order valence-electron chi connectivity index (χ4n) is 2.55. The van der Waals surface area contributed by atoms with Gasteiger partial charge in [0.25, 0.3) is 10.0 Å². The highest BCUT2D eigenvalue weighted by atomic mass is 35.5. The van der Waals surface area contributed by atoms with Crippen molar-refractivity contribution in [2.75, 3.05) is 31.0 Å². The van der Waals surface area contributed by atoms with E-state index in [4.69, 9.17) is 27.9 Å². The van der Waals surface area contributed by atoms with Crippen LogP contribution in [0.25, 0.3) is 0 Å². The molecule has 0 amide bonds. The van der Waals surface area contributed by atoms with Gasteiger partial charge in [0.05, 0.1) is 33.8 Å². The van der Waals surface area contributed by atoms with E-state index in [1.807, 2.05) is 0 Å². The molecular weight excluding hydrogens is 454 g/mol. The van der Waals surface area contributed by atoms with Crippen molar-refractivity contribution in [2.45, 2.75) is 9.79 Å². The number of nitrogens with one attached hydrogen (secondary N) is 1. The number of hydrogen-bond acceptors (Lipinski definition) is 5. The average Bonchev–Trinajstić information content (AvgIpc) is 2.66. The molecule has 2 aromatic carbocycles. The van der Waals surface area contributed by atoms with E-state index in [9.17, 15) is 21.2 Å². The highest BCUT2D eigenvalue weighted by Gasteiger charge is 2.29. The maximum absolute atomic E-state index is 14.2. The molecule has 0 spiro atoms. The van der Waals surface area contributed by atoms with E-state index in [0.29, 0.717) is 0 Å². The number of ether oxygens (including phenoxy) is 1. The lowest BCUT2D eigenvalue weighted by Gasteiger charge is -2.26. The predicted molar refractivity (Wildman–Crippen MR) is 103 cm³/mol. The van der Waals surface area contributed by atoms with Gasteiger partial charge in [0, 0.05) is 13.1 Å². The molecule has 1 aliphatic heterocycles. The number of rotatable bonds is 5. The van der Waals surface area contributed by atoms with Crippen molar-refractivity contribution < 1.29 is 26.0 Å². The molecule has 152 valence electrons. The first-order valence-corrected chi connectivity index (χ1v) is 11.6. The first kappa shape index (κ1) is 21.3. The molecule has 1 saturated heterocycles. The van der Waals surface area contributed by atoms with Gasteiger partial charge in [-0.05, 0) is 36.4 Å². The van der Waals surface area contributed by atoms with Gasteiger partial charge >= 0.3 is 0 Å². The number of anilines is 1. The molecule has 0 aromatic heterocycles. The van der Waals surface area contributed by atoms with Gasteiger partial charge in [-0.1, -0.05) is 23.2 Å². The molecule has 2 aromatic rings. The summed E-state index contributed by atoms with van der Waals surface area (Å²) in [5.41, 5.74) is -0.112. The molecule has 12 heteroatoms. The molecule has 0 bridgehead atoms. The van der Waals surface area contributed by atoms with E-state index in [-0.39, 0.29) is 46.9 Å². The Balaban J connectivity index is 1.93. The molecule has 0 atom stereocenters. The Labute approximate surface area is 172 Å². The fourth-order valence-corrected chi connectivity index (χ4v) is 5.49. The zero-order valence-electron chi connectivity index (χ0n) is 14.2. The zero-order valence-corrected chi connectivity index (χ0v) is 17.4. The third-order valence-corrected chi connectivity index (χ3v) is 8.00. The molecule has 0 aliphatic carbocycles. The van der Waals surface area contributed by atoms with Gasteiger partial charge in [0.1, 0.15) is 10.7 Å². The van der Waals surface area contributed by atoms with Gasteiger partial charge in [0.2, 0.25) is 10.0 Å². The molecule has 0 unspecified atom stereocenters. The highest BCUT2D eigenvalue weighted by Crippen LogP contribution is 2.28. The Bertz CT molecular complexity index is 1100. The normalized spacial score (nSPS) is 16.1. The fraction of sp³-hybridized carbons (Fsp3) is 0.250. The average molecular weight is 469 g/mol. The lowest BCUT2D eigenvalue weighted by molar-refractivity contribution is 0.0729. The summed E-state index contributed by atoms with van der Waals surface area (Å²) in [6.07, 6.45) is 0. The Hall–Kier alpha value is -1.43. The van der Waals surface area contributed by atoms with E-state index >= 15 is 0 Å². The summed E-state index contributed by atoms with van der Waals surface area (Å²) in [6, 6.07) is 6.67. The minimum atomic E-state index is -4.14. The van der Waals surface area contributed by atoms with Crippen molar-refractivity contribution in [3.63, 3.8) is 0 Å². The number of hydrogen-bond donors (Lipinski definition) is 1. The van der Waals surface area contributed by atoms with Gasteiger partial charge in [0.15, 0.2) is 0 Å². The van der Waals surface area contributed by atoms with Crippen LogP contribution in [0.4, 0.5) is 10.1 Å². The van der Waals surface area contributed by atoms with Gasteiger partial charge in [-0.3, -0.25) is 4.72 Å². The number of nitrogens with zero attached hydrogens (tertiary/aromatic N) is 1. The van der Waals surface area contributed by atoms with Crippen molar-refractivity contribution in [3.8, 4) is 0 Å². The van der Waals surface area contributed by atoms with E-state index in [1.54, 1.807) is 0 Å². The molecule has 28 heavy (non-hydrogen) atoms. The zero-order chi connectivity index (χ0) is 20.5. The second kappa shape index (κ2) is 8.13. The van der Waals surface area contributed by atoms with Crippen molar-refractivity contribution in [2.24, 2.45) is 0 Å². The second-order valence-corrected chi connectivity index (χ2v) is 10.2. The van der Waals surface area contributed by atoms with Crippen LogP contribution in [0, 0.1) is 5.82 Å². The summed E-state index contributed by atoms with van der Waals surface area (Å²) in [6.45, 7) is 0.566. The molecule has 0 radical (unpaired) electrons. The van der Waals surface area contributed by atoms with Gasteiger partial charge < -0.3 is 4.74 Å². The Morgan fingerprint density at radius 2 is 1.64 bits per heavy atom. The van der Waals surface area contributed by atoms with Crippen molar-refractivity contribution in [1.29, 1.82) is 0 Å². The van der Waals surface area contributed by atoms with Gasteiger partial charge in [-0.25, -0.2) is 21.2 Å². The quantitative estimate of drug-likeness (QED) is 0.727. The van der Waals surface area contributed by atoms with Crippen LogP contribution in [0.15, 0.2) is 46.2 Å². The molecule has 0 saturated carbocycles. The second-order valence-electron chi connectivity index (χ2n) is 5.84. The summed E-state index contributed by atoms with van der Waals surface area (Å²) >= 11 is 11.6. The third kappa shape index (κ3) is 4.42.